The fourth-order valence-electron chi connectivity index (χ4n) is 4.03. The second-order valence-electron chi connectivity index (χ2n) is 12.6. The van der Waals surface area contributed by atoms with Gasteiger partial charge in [-0.1, -0.05) is 41.5 Å². The molecule has 0 aromatic carbocycles. The van der Waals surface area contributed by atoms with Gasteiger partial charge >= 0.3 is 11.9 Å². The molecule has 0 aromatic heterocycles. The number of ether oxygens (including phenoxy) is 2. The van der Waals surface area contributed by atoms with Crippen molar-refractivity contribution < 1.29 is 23.9 Å². The van der Waals surface area contributed by atoms with Gasteiger partial charge in [0.2, 0.25) is 0 Å². The summed E-state index contributed by atoms with van der Waals surface area (Å²) in [6.45, 7) is 21.4. The number of hydrogen-bond acceptors (Lipinski definition) is 7. The molecular weight excluding hydrogens is 426 g/mol. The summed E-state index contributed by atoms with van der Waals surface area (Å²) in [5.41, 5.74) is 4.43. The van der Waals surface area contributed by atoms with Crippen LogP contribution in [0.15, 0.2) is 0 Å². The minimum atomic E-state index is -0.674. The molecule has 0 spiro atoms. The van der Waals surface area contributed by atoms with Crippen LogP contribution in [0, 0.1) is 21.7 Å². The Morgan fingerprint density at radius 3 is 1.62 bits per heavy atom. The summed E-state index contributed by atoms with van der Waals surface area (Å²) in [6.07, 6.45) is 0.719. The van der Waals surface area contributed by atoms with Crippen LogP contribution < -0.4 is 5.73 Å². The molecule has 0 aliphatic heterocycles. The van der Waals surface area contributed by atoms with Crippen molar-refractivity contribution in [1.82, 2.24) is 0 Å². The Labute approximate surface area is 200 Å². The molecule has 2 atom stereocenters. The summed E-state index contributed by atoms with van der Waals surface area (Å²) < 4.78 is 11.4. The van der Waals surface area contributed by atoms with E-state index in [0.717, 1.165) is 0 Å². The van der Waals surface area contributed by atoms with Gasteiger partial charge in [-0.25, -0.2) is 0 Å². The van der Waals surface area contributed by atoms with Crippen LogP contribution >= 0.6 is 11.8 Å². The number of carbonyl (C=O) groups excluding carboxylic acids is 3. The zero-order chi connectivity index (χ0) is 25.5. The molecule has 7 heteroatoms. The van der Waals surface area contributed by atoms with Crippen molar-refractivity contribution in [1.29, 1.82) is 0 Å². The first-order chi connectivity index (χ1) is 14.2. The zero-order valence-electron chi connectivity index (χ0n) is 22.2. The fourth-order valence-corrected chi connectivity index (χ4v) is 5.08. The Morgan fingerprint density at radius 1 is 0.781 bits per heavy atom. The van der Waals surface area contributed by atoms with Crippen molar-refractivity contribution in [3.8, 4) is 0 Å². The van der Waals surface area contributed by atoms with Crippen molar-refractivity contribution in [3.05, 3.63) is 0 Å². The van der Waals surface area contributed by atoms with E-state index < -0.39 is 23.0 Å². The van der Waals surface area contributed by atoms with Crippen LogP contribution in [-0.4, -0.2) is 48.0 Å². The molecule has 0 aromatic rings. The topological polar surface area (TPSA) is 95.7 Å². The molecule has 0 radical (unpaired) electrons. The molecule has 0 bridgehead atoms. The maximum atomic E-state index is 12.9. The summed E-state index contributed by atoms with van der Waals surface area (Å²) in [5, 5.41) is 0. The van der Waals surface area contributed by atoms with E-state index in [1.807, 2.05) is 27.7 Å². The number of hydrogen-bond donors (Lipinski definition) is 1. The highest BCUT2D eigenvalue weighted by atomic mass is 32.2. The molecule has 0 aliphatic carbocycles. The number of carbonyl (C=O) groups is 3. The number of ketones is 1. The van der Waals surface area contributed by atoms with Crippen LogP contribution in [0.3, 0.4) is 0 Å². The van der Waals surface area contributed by atoms with E-state index in [4.69, 9.17) is 15.2 Å². The van der Waals surface area contributed by atoms with E-state index in [1.165, 1.54) is 18.7 Å². The predicted octanol–water partition coefficient (Wildman–Crippen LogP) is 5.02. The Kier molecular flexibility index (Phi) is 11.5. The molecule has 0 aliphatic rings. The highest BCUT2D eigenvalue weighted by Gasteiger charge is 2.37. The first-order valence-corrected chi connectivity index (χ1v) is 12.5. The maximum absolute atomic E-state index is 12.9. The summed E-state index contributed by atoms with van der Waals surface area (Å²) in [5.74, 6) is 0.0863. The van der Waals surface area contributed by atoms with Crippen molar-refractivity contribution in [2.45, 2.75) is 101 Å². The fraction of sp³-hybridized carbons (Fsp3) is 0.880. The van der Waals surface area contributed by atoms with E-state index in [9.17, 15) is 14.4 Å². The predicted molar refractivity (Wildman–Crippen MR) is 133 cm³/mol. The smallest absolute Gasteiger partial charge is 0.311 e. The van der Waals surface area contributed by atoms with Gasteiger partial charge in [-0.15, -0.1) is 0 Å². The molecular formula is C25H47NO5S. The van der Waals surface area contributed by atoms with Crippen LogP contribution in [-0.2, 0) is 23.9 Å². The number of nitrogens with two attached hydrogens (primary N) is 1. The molecule has 0 saturated carbocycles. The van der Waals surface area contributed by atoms with Crippen molar-refractivity contribution in [2.75, 3.05) is 18.1 Å². The van der Waals surface area contributed by atoms with Gasteiger partial charge in [0.25, 0.3) is 0 Å². The van der Waals surface area contributed by atoms with Crippen LogP contribution in [0.5, 0.6) is 0 Å². The quantitative estimate of drug-likeness (QED) is 0.398. The van der Waals surface area contributed by atoms with Crippen LogP contribution in [0.4, 0.5) is 0 Å². The summed E-state index contributed by atoms with van der Waals surface area (Å²) in [7, 11) is 0. The van der Waals surface area contributed by atoms with Gasteiger partial charge in [-0.3, -0.25) is 14.4 Å². The molecule has 0 rings (SSSR count). The highest BCUT2D eigenvalue weighted by molar-refractivity contribution is 7.99. The molecule has 0 saturated heterocycles. The maximum Gasteiger partial charge on any atom is 0.311 e. The molecule has 2 N–H and O–H groups in total. The van der Waals surface area contributed by atoms with Crippen molar-refractivity contribution >= 4 is 29.5 Å². The first-order valence-electron chi connectivity index (χ1n) is 11.4. The Balaban J connectivity index is 5.24. The lowest BCUT2D eigenvalue weighted by Crippen LogP contribution is -2.38. The van der Waals surface area contributed by atoms with Crippen molar-refractivity contribution in [3.63, 3.8) is 0 Å². The molecule has 1 unspecified atom stereocenters. The highest BCUT2D eigenvalue weighted by Crippen LogP contribution is 2.35. The Hall–Kier alpha value is -1.08. The third-order valence-electron chi connectivity index (χ3n) is 4.85. The second kappa shape index (κ2) is 11.9. The Morgan fingerprint density at radius 2 is 1.22 bits per heavy atom. The van der Waals surface area contributed by atoms with E-state index in [-0.39, 0.29) is 35.2 Å². The van der Waals surface area contributed by atoms with Crippen LogP contribution in [0.2, 0.25) is 0 Å². The summed E-state index contributed by atoms with van der Waals surface area (Å²) in [4.78, 5) is 37.1. The largest absolute Gasteiger partial charge is 0.461 e. The lowest BCUT2D eigenvalue weighted by Gasteiger charge is -2.33. The van der Waals surface area contributed by atoms with Gasteiger partial charge in [0.1, 0.15) is 18.5 Å². The standard InChI is InChI=1S/C25H47NO5S/c1-17(27)19(26)14-32-13-18(31-21(29)25(10,11)16-23(5,6)7)12-30-20(28)24(8,9)15-22(2,3)4/h18-19H,12-16,26H2,1-11H3/t18-,19?/m1/s1. The van der Waals surface area contributed by atoms with Gasteiger partial charge in [0.05, 0.1) is 16.9 Å². The van der Waals surface area contributed by atoms with E-state index in [2.05, 4.69) is 41.5 Å². The third kappa shape index (κ3) is 12.8. The monoisotopic (exact) mass is 473 g/mol. The minimum absolute atomic E-state index is 0.0218. The first kappa shape index (κ1) is 30.9. The normalized spacial score (nSPS) is 15.1. The van der Waals surface area contributed by atoms with Gasteiger partial charge in [-0.2, -0.15) is 11.8 Å². The Bertz CT molecular complexity index is 644. The zero-order valence-corrected chi connectivity index (χ0v) is 23.0. The minimum Gasteiger partial charge on any atom is -0.461 e. The van der Waals surface area contributed by atoms with Gasteiger partial charge in [0.15, 0.2) is 0 Å². The summed E-state index contributed by atoms with van der Waals surface area (Å²) >= 11 is 1.42. The number of rotatable bonds is 12. The van der Waals surface area contributed by atoms with E-state index in [1.54, 1.807) is 0 Å². The molecule has 188 valence electrons. The average molecular weight is 474 g/mol. The van der Waals surface area contributed by atoms with Crippen LogP contribution in [0.25, 0.3) is 0 Å². The number of thioether (sulfide) groups is 1. The molecule has 6 nitrogen and oxygen atoms in total. The van der Waals surface area contributed by atoms with Gasteiger partial charge in [-0.05, 0) is 58.3 Å². The van der Waals surface area contributed by atoms with Gasteiger partial charge < -0.3 is 15.2 Å². The molecule has 0 amide bonds. The molecule has 0 heterocycles. The molecule has 32 heavy (non-hydrogen) atoms. The SMILES string of the molecule is CC(=O)C(N)CSC[C@@H](COC(=O)C(C)(C)CC(C)(C)C)OC(=O)C(C)(C)CC(C)(C)C. The summed E-state index contributed by atoms with van der Waals surface area (Å²) in [6, 6.07) is -0.568. The van der Waals surface area contributed by atoms with E-state index in [0.29, 0.717) is 24.3 Å². The average Bonchev–Trinajstić information content (AvgIpc) is 2.54. The van der Waals surface area contributed by atoms with Crippen molar-refractivity contribution in [2.24, 2.45) is 27.4 Å². The lowest BCUT2D eigenvalue weighted by atomic mass is 9.76. The lowest BCUT2D eigenvalue weighted by molar-refractivity contribution is -0.170. The van der Waals surface area contributed by atoms with Gasteiger partial charge in [0, 0.05) is 11.5 Å². The van der Waals surface area contributed by atoms with E-state index >= 15 is 0 Å². The third-order valence-corrected chi connectivity index (χ3v) is 6.05. The second-order valence-corrected chi connectivity index (χ2v) is 13.7. The molecule has 0 fully saturated rings. The van der Waals surface area contributed by atoms with Crippen LogP contribution in [0.1, 0.15) is 89.0 Å². The number of esters is 2. The number of Topliss-reactive ketones (excluding diaryl/α,β-unsaturated/α-hetero) is 1.